The monoisotopic (exact) mass is 142 g/mol. The van der Waals surface area contributed by atoms with Gasteiger partial charge in [0.25, 0.3) is 0 Å². The maximum Gasteiger partial charge on any atom is 0.0747 e. The third kappa shape index (κ3) is 1.58. The molecule has 58 valence electrons. The maximum atomic E-state index is 9.21. The zero-order chi connectivity index (χ0) is 7.56. The standard InChI is InChI=1S/C8H14O2/c1-6-4-7(5-9)2-3-8(6)10/h7-10H,1-5H2. The first-order valence-electron chi connectivity index (χ1n) is 3.70. The molecule has 1 rings (SSSR count). The predicted octanol–water partition coefficient (Wildman–Crippen LogP) is 0.696. The number of hydrogen-bond donors (Lipinski definition) is 2. The van der Waals surface area contributed by atoms with Gasteiger partial charge in [-0.1, -0.05) is 6.58 Å². The minimum absolute atomic E-state index is 0.228. The fourth-order valence-corrected chi connectivity index (χ4v) is 1.36. The van der Waals surface area contributed by atoms with Gasteiger partial charge in [-0.05, 0) is 30.8 Å². The average Bonchev–Trinajstić information content (AvgIpc) is 1.95. The minimum Gasteiger partial charge on any atom is -0.396 e. The molecule has 0 aromatic carbocycles. The fourth-order valence-electron chi connectivity index (χ4n) is 1.36. The maximum absolute atomic E-state index is 9.21. The third-order valence-corrected chi connectivity index (χ3v) is 2.13. The van der Waals surface area contributed by atoms with Crippen LogP contribution >= 0.6 is 0 Å². The van der Waals surface area contributed by atoms with Crippen LogP contribution in [0.1, 0.15) is 19.3 Å². The molecule has 1 saturated carbocycles. The summed E-state index contributed by atoms with van der Waals surface area (Å²) in [7, 11) is 0. The minimum atomic E-state index is -0.317. The average molecular weight is 142 g/mol. The van der Waals surface area contributed by atoms with Crippen molar-refractivity contribution in [3.63, 3.8) is 0 Å². The van der Waals surface area contributed by atoms with E-state index in [-0.39, 0.29) is 12.7 Å². The van der Waals surface area contributed by atoms with Crippen molar-refractivity contribution < 1.29 is 10.2 Å². The van der Waals surface area contributed by atoms with Crippen molar-refractivity contribution in [2.45, 2.75) is 25.4 Å². The molecule has 2 atom stereocenters. The van der Waals surface area contributed by atoms with Crippen molar-refractivity contribution >= 4 is 0 Å². The summed E-state index contributed by atoms with van der Waals surface area (Å²) in [5.41, 5.74) is 0.880. The molecule has 0 amide bonds. The van der Waals surface area contributed by atoms with Crippen LogP contribution in [0, 0.1) is 5.92 Å². The third-order valence-electron chi connectivity index (χ3n) is 2.13. The van der Waals surface area contributed by atoms with Gasteiger partial charge in [0.15, 0.2) is 0 Å². The Morgan fingerprint density at radius 2 is 2.20 bits per heavy atom. The van der Waals surface area contributed by atoms with Gasteiger partial charge < -0.3 is 10.2 Å². The molecular formula is C8H14O2. The van der Waals surface area contributed by atoms with E-state index in [9.17, 15) is 5.11 Å². The van der Waals surface area contributed by atoms with E-state index in [1.807, 2.05) is 0 Å². The van der Waals surface area contributed by atoms with Crippen molar-refractivity contribution in [3.8, 4) is 0 Å². The highest BCUT2D eigenvalue weighted by molar-refractivity contribution is 5.06. The molecule has 1 aliphatic carbocycles. The molecule has 10 heavy (non-hydrogen) atoms. The Morgan fingerprint density at radius 3 is 2.70 bits per heavy atom. The van der Waals surface area contributed by atoms with Crippen LogP contribution in [-0.2, 0) is 0 Å². The Labute approximate surface area is 61.2 Å². The number of rotatable bonds is 1. The predicted molar refractivity (Wildman–Crippen MR) is 39.6 cm³/mol. The molecule has 2 N–H and O–H groups in total. The lowest BCUT2D eigenvalue weighted by Gasteiger charge is -2.25. The van der Waals surface area contributed by atoms with E-state index in [0.29, 0.717) is 5.92 Å². The summed E-state index contributed by atoms with van der Waals surface area (Å²) >= 11 is 0. The van der Waals surface area contributed by atoms with Gasteiger partial charge >= 0.3 is 0 Å². The molecule has 2 nitrogen and oxygen atoms in total. The lowest BCUT2D eigenvalue weighted by molar-refractivity contribution is 0.131. The van der Waals surface area contributed by atoms with Crippen molar-refractivity contribution in [3.05, 3.63) is 12.2 Å². The smallest absolute Gasteiger partial charge is 0.0747 e. The number of aliphatic hydroxyl groups is 2. The Bertz CT molecular complexity index is 131. The topological polar surface area (TPSA) is 40.5 Å². The molecule has 0 spiro atoms. The van der Waals surface area contributed by atoms with Gasteiger partial charge in [0.2, 0.25) is 0 Å². The van der Waals surface area contributed by atoms with Crippen LogP contribution in [0.5, 0.6) is 0 Å². The second-order valence-electron chi connectivity index (χ2n) is 3.00. The van der Waals surface area contributed by atoms with E-state index in [4.69, 9.17) is 5.11 Å². The van der Waals surface area contributed by atoms with Crippen molar-refractivity contribution in [2.24, 2.45) is 5.92 Å². The molecule has 1 aliphatic rings. The van der Waals surface area contributed by atoms with Crippen molar-refractivity contribution in [1.29, 1.82) is 0 Å². The second-order valence-corrected chi connectivity index (χ2v) is 3.00. The quantitative estimate of drug-likeness (QED) is 0.529. The van der Waals surface area contributed by atoms with Gasteiger partial charge in [0.1, 0.15) is 0 Å². The van der Waals surface area contributed by atoms with Crippen LogP contribution < -0.4 is 0 Å². The van der Waals surface area contributed by atoms with Gasteiger partial charge in [-0.2, -0.15) is 0 Å². The summed E-state index contributed by atoms with van der Waals surface area (Å²) in [6.07, 6.45) is 2.17. The molecule has 2 unspecified atom stereocenters. The molecule has 0 aromatic rings. The van der Waals surface area contributed by atoms with E-state index in [0.717, 1.165) is 24.8 Å². The Hall–Kier alpha value is -0.340. The van der Waals surface area contributed by atoms with E-state index in [2.05, 4.69) is 6.58 Å². The first-order valence-corrected chi connectivity index (χ1v) is 3.70. The zero-order valence-electron chi connectivity index (χ0n) is 6.08. The summed E-state index contributed by atoms with van der Waals surface area (Å²) in [6, 6.07) is 0. The van der Waals surface area contributed by atoms with Crippen LogP contribution in [-0.4, -0.2) is 22.9 Å². The van der Waals surface area contributed by atoms with Crippen LogP contribution in [0.15, 0.2) is 12.2 Å². The fraction of sp³-hybridized carbons (Fsp3) is 0.750. The zero-order valence-corrected chi connectivity index (χ0v) is 6.08. The molecule has 1 fully saturated rings. The first-order chi connectivity index (χ1) is 4.74. The van der Waals surface area contributed by atoms with Gasteiger partial charge in [-0.15, -0.1) is 0 Å². The summed E-state index contributed by atoms with van der Waals surface area (Å²) in [4.78, 5) is 0. The molecule has 0 bridgehead atoms. The van der Waals surface area contributed by atoms with Gasteiger partial charge in [0.05, 0.1) is 6.10 Å². The number of aliphatic hydroxyl groups excluding tert-OH is 2. The normalized spacial score (nSPS) is 34.4. The van der Waals surface area contributed by atoms with Gasteiger partial charge in [-0.25, -0.2) is 0 Å². The SMILES string of the molecule is C=C1CC(CO)CCC1O. The molecule has 0 heterocycles. The summed E-state index contributed by atoms with van der Waals surface area (Å²) in [5, 5.41) is 18.0. The largest absolute Gasteiger partial charge is 0.396 e. The highest BCUT2D eigenvalue weighted by atomic mass is 16.3. The molecule has 0 aliphatic heterocycles. The molecule has 2 heteroatoms. The molecule has 0 radical (unpaired) electrons. The molecular weight excluding hydrogens is 128 g/mol. The molecule has 0 aromatic heterocycles. The summed E-state index contributed by atoms with van der Waals surface area (Å²) in [5.74, 6) is 0.343. The van der Waals surface area contributed by atoms with E-state index < -0.39 is 0 Å². The Morgan fingerprint density at radius 1 is 1.50 bits per heavy atom. The highest BCUT2D eigenvalue weighted by Gasteiger charge is 2.21. The van der Waals surface area contributed by atoms with Crippen LogP contribution in [0.2, 0.25) is 0 Å². The summed E-state index contributed by atoms with van der Waals surface area (Å²) < 4.78 is 0. The van der Waals surface area contributed by atoms with Crippen LogP contribution in [0.4, 0.5) is 0 Å². The summed E-state index contributed by atoms with van der Waals surface area (Å²) in [6.45, 7) is 3.96. The second kappa shape index (κ2) is 3.17. The molecule has 0 saturated heterocycles. The first kappa shape index (κ1) is 7.76. The van der Waals surface area contributed by atoms with Crippen molar-refractivity contribution in [2.75, 3.05) is 6.61 Å². The van der Waals surface area contributed by atoms with E-state index in [1.165, 1.54) is 0 Å². The van der Waals surface area contributed by atoms with Crippen LogP contribution in [0.25, 0.3) is 0 Å². The lowest BCUT2D eigenvalue weighted by atomic mass is 9.85. The lowest BCUT2D eigenvalue weighted by Crippen LogP contribution is -2.22. The van der Waals surface area contributed by atoms with E-state index in [1.54, 1.807) is 0 Å². The van der Waals surface area contributed by atoms with Gasteiger partial charge in [0, 0.05) is 6.61 Å². The van der Waals surface area contributed by atoms with E-state index >= 15 is 0 Å². The highest BCUT2D eigenvalue weighted by Crippen LogP contribution is 2.26. The Balaban J connectivity index is 2.41. The Kier molecular flexibility index (Phi) is 2.46. The van der Waals surface area contributed by atoms with Gasteiger partial charge in [-0.3, -0.25) is 0 Å². The number of hydrogen-bond acceptors (Lipinski definition) is 2. The van der Waals surface area contributed by atoms with Crippen molar-refractivity contribution in [1.82, 2.24) is 0 Å². The van der Waals surface area contributed by atoms with Crippen LogP contribution in [0.3, 0.4) is 0 Å².